The molecule has 0 bridgehead atoms. The topological polar surface area (TPSA) is 97.5 Å². The summed E-state index contributed by atoms with van der Waals surface area (Å²) < 4.78 is 10.4. The lowest BCUT2D eigenvalue weighted by Gasteiger charge is -2.35. The van der Waals surface area contributed by atoms with Gasteiger partial charge in [-0.2, -0.15) is 0 Å². The molecule has 0 spiro atoms. The summed E-state index contributed by atoms with van der Waals surface area (Å²) in [7, 11) is 0. The van der Waals surface area contributed by atoms with Crippen LogP contribution in [-0.2, 0) is 14.3 Å². The van der Waals surface area contributed by atoms with E-state index in [1.54, 1.807) is 27.7 Å². The zero-order valence-corrected chi connectivity index (χ0v) is 17.7. The van der Waals surface area contributed by atoms with Crippen LogP contribution >= 0.6 is 0 Å². The molecule has 156 valence electrons. The molecule has 0 aliphatic heterocycles. The van der Waals surface area contributed by atoms with Crippen molar-refractivity contribution in [1.29, 1.82) is 0 Å². The molecule has 1 heterocycles. The number of aromatic amines is 1. The van der Waals surface area contributed by atoms with Crippen LogP contribution in [0, 0.1) is 25.7 Å². The Labute approximate surface area is 166 Å². The van der Waals surface area contributed by atoms with Gasteiger partial charge in [-0.3, -0.25) is 4.79 Å². The van der Waals surface area contributed by atoms with E-state index >= 15 is 0 Å². The molecular weight excluding hydrogens is 360 g/mol. The van der Waals surface area contributed by atoms with Gasteiger partial charge in [0.05, 0.1) is 12.2 Å². The molecule has 1 aliphatic carbocycles. The molecule has 1 aromatic rings. The summed E-state index contributed by atoms with van der Waals surface area (Å²) >= 11 is 0. The summed E-state index contributed by atoms with van der Waals surface area (Å²) in [4.78, 5) is 40.0. The number of nitrogens with one attached hydrogen (secondary N) is 2. The van der Waals surface area contributed by atoms with Crippen LogP contribution in [0.2, 0.25) is 0 Å². The van der Waals surface area contributed by atoms with Gasteiger partial charge in [0, 0.05) is 11.7 Å². The van der Waals surface area contributed by atoms with Crippen LogP contribution in [0.3, 0.4) is 0 Å². The van der Waals surface area contributed by atoms with Gasteiger partial charge in [-0.15, -0.1) is 0 Å². The Hall–Kier alpha value is -2.31. The average molecular weight is 392 g/mol. The largest absolute Gasteiger partial charge is 0.461 e. The molecule has 0 aromatic carbocycles. The first-order valence-corrected chi connectivity index (χ1v) is 10.0. The van der Waals surface area contributed by atoms with Crippen molar-refractivity contribution in [2.45, 2.75) is 73.0 Å². The summed E-state index contributed by atoms with van der Waals surface area (Å²) in [6.45, 7) is 11.2. The highest BCUT2D eigenvalue weighted by atomic mass is 16.5. The van der Waals surface area contributed by atoms with Crippen LogP contribution in [-0.4, -0.2) is 41.6 Å². The van der Waals surface area contributed by atoms with Crippen molar-refractivity contribution in [3.05, 3.63) is 22.5 Å². The fourth-order valence-corrected chi connectivity index (χ4v) is 3.82. The molecule has 0 saturated heterocycles. The fraction of sp³-hybridized carbons (Fsp3) is 0.667. The van der Waals surface area contributed by atoms with Crippen molar-refractivity contribution >= 4 is 17.8 Å². The molecule has 28 heavy (non-hydrogen) atoms. The normalized spacial score (nSPS) is 23.0. The second kappa shape index (κ2) is 9.26. The predicted octanol–water partition coefficient (Wildman–Crippen LogP) is 3.29. The average Bonchev–Trinajstić information content (AvgIpc) is 2.93. The summed E-state index contributed by atoms with van der Waals surface area (Å²) in [6, 6.07) is 0.101. The van der Waals surface area contributed by atoms with Gasteiger partial charge in [-0.1, -0.05) is 26.7 Å². The number of rotatable bonds is 6. The number of carbonyl (C=O) groups excluding carboxylic acids is 3. The number of esters is 2. The molecule has 1 aliphatic rings. The standard InChI is InChI=1S/C21H32N2O5/c1-7-27-21(26)18-13(4)17(14(5)22-18)20(25)28-15(6)19(24)23-16-10-8-9-11(2)12(16)3/h11-12,15-16,22H,7-10H2,1-6H3,(H,23,24)/t11-,12+,15-,16+/m1/s1. The number of carbonyl (C=O) groups is 3. The van der Waals surface area contributed by atoms with E-state index in [9.17, 15) is 14.4 Å². The third-order valence-corrected chi connectivity index (χ3v) is 5.81. The van der Waals surface area contributed by atoms with Gasteiger partial charge in [-0.25, -0.2) is 9.59 Å². The maximum Gasteiger partial charge on any atom is 0.355 e. The van der Waals surface area contributed by atoms with Crippen molar-refractivity contribution in [2.24, 2.45) is 11.8 Å². The molecular formula is C21H32N2O5. The van der Waals surface area contributed by atoms with E-state index in [0.29, 0.717) is 23.1 Å². The van der Waals surface area contributed by atoms with Crippen LogP contribution in [0.4, 0.5) is 0 Å². The Morgan fingerprint density at radius 2 is 1.86 bits per heavy atom. The minimum Gasteiger partial charge on any atom is -0.461 e. The SMILES string of the molecule is CCOC(=O)c1[nH]c(C)c(C(=O)O[C@H](C)C(=O)N[C@H]2CCC[C@@H](C)[C@@H]2C)c1C. The third-order valence-electron chi connectivity index (χ3n) is 5.81. The second-order valence-electron chi connectivity index (χ2n) is 7.78. The van der Waals surface area contributed by atoms with Gasteiger partial charge in [0.2, 0.25) is 0 Å². The van der Waals surface area contributed by atoms with Crippen molar-refractivity contribution in [2.75, 3.05) is 6.61 Å². The van der Waals surface area contributed by atoms with E-state index in [1.165, 1.54) is 6.42 Å². The number of hydrogen-bond donors (Lipinski definition) is 2. The Kier molecular flexibility index (Phi) is 7.27. The lowest BCUT2D eigenvalue weighted by molar-refractivity contribution is -0.130. The molecule has 2 rings (SSSR count). The maximum absolute atomic E-state index is 12.6. The van der Waals surface area contributed by atoms with E-state index in [1.807, 2.05) is 0 Å². The number of aromatic nitrogens is 1. The maximum atomic E-state index is 12.6. The Bertz CT molecular complexity index is 739. The molecule has 1 saturated carbocycles. The molecule has 0 unspecified atom stereocenters. The van der Waals surface area contributed by atoms with Crippen molar-refractivity contribution in [1.82, 2.24) is 10.3 Å². The molecule has 2 N–H and O–H groups in total. The summed E-state index contributed by atoms with van der Waals surface area (Å²) in [5, 5.41) is 3.03. The van der Waals surface area contributed by atoms with Gasteiger partial charge in [0.25, 0.3) is 5.91 Å². The Morgan fingerprint density at radius 1 is 1.18 bits per heavy atom. The highest BCUT2D eigenvalue weighted by molar-refractivity contribution is 5.99. The number of ether oxygens (including phenoxy) is 2. The molecule has 1 aromatic heterocycles. The quantitative estimate of drug-likeness (QED) is 0.724. The van der Waals surface area contributed by atoms with Crippen LogP contribution in [0.5, 0.6) is 0 Å². The van der Waals surface area contributed by atoms with E-state index in [-0.39, 0.29) is 29.8 Å². The van der Waals surface area contributed by atoms with Crippen LogP contribution in [0.25, 0.3) is 0 Å². The summed E-state index contributed by atoms with van der Waals surface area (Å²) in [6.07, 6.45) is 2.28. The predicted molar refractivity (Wildman–Crippen MR) is 105 cm³/mol. The van der Waals surface area contributed by atoms with Crippen LogP contribution in [0.15, 0.2) is 0 Å². The zero-order chi connectivity index (χ0) is 21.0. The smallest absolute Gasteiger partial charge is 0.355 e. The summed E-state index contributed by atoms with van der Waals surface area (Å²) in [5.41, 5.74) is 1.46. The van der Waals surface area contributed by atoms with Gasteiger partial charge >= 0.3 is 11.9 Å². The molecule has 1 fully saturated rings. The number of hydrogen-bond acceptors (Lipinski definition) is 5. The number of amides is 1. The third kappa shape index (κ3) is 4.75. The van der Waals surface area contributed by atoms with E-state index < -0.39 is 18.0 Å². The molecule has 0 radical (unpaired) electrons. The highest BCUT2D eigenvalue weighted by Crippen LogP contribution is 2.29. The van der Waals surface area contributed by atoms with Crippen LogP contribution < -0.4 is 5.32 Å². The van der Waals surface area contributed by atoms with E-state index in [4.69, 9.17) is 9.47 Å². The first-order chi connectivity index (χ1) is 13.2. The zero-order valence-electron chi connectivity index (χ0n) is 17.7. The Morgan fingerprint density at radius 3 is 2.50 bits per heavy atom. The van der Waals surface area contributed by atoms with Gasteiger partial charge < -0.3 is 19.8 Å². The van der Waals surface area contributed by atoms with Gasteiger partial charge in [0.1, 0.15) is 5.69 Å². The molecule has 7 heteroatoms. The van der Waals surface area contributed by atoms with Crippen LogP contribution in [0.1, 0.15) is 79.1 Å². The number of H-pyrrole nitrogens is 1. The molecule has 7 nitrogen and oxygen atoms in total. The highest BCUT2D eigenvalue weighted by Gasteiger charge is 2.31. The monoisotopic (exact) mass is 392 g/mol. The van der Waals surface area contributed by atoms with Gasteiger partial charge in [-0.05, 0) is 51.5 Å². The van der Waals surface area contributed by atoms with E-state index in [2.05, 4.69) is 24.1 Å². The lowest BCUT2D eigenvalue weighted by Crippen LogP contribution is -2.47. The summed E-state index contributed by atoms with van der Waals surface area (Å²) in [5.74, 6) is -0.496. The minimum atomic E-state index is -0.920. The van der Waals surface area contributed by atoms with E-state index in [0.717, 1.165) is 12.8 Å². The van der Waals surface area contributed by atoms with Crippen molar-refractivity contribution in [3.8, 4) is 0 Å². The molecule has 4 atom stereocenters. The van der Waals surface area contributed by atoms with Crippen molar-refractivity contribution < 1.29 is 23.9 Å². The lowest BCUT2D eigenvalue weighted by atomic mass is 9.78. The fourth-order valence-electron chi connectivity index (χ4n) is 3.82. The first kappa shape index (κ1) is 22.0. The number of aryl methyl sites for hydroxylation is 1. The first-order valence-electron chi connectivity index (χ1n) is 10.0. The van der Waals surface area contributed by atoms with Crippen molar-refractivity contribution in [3.63, 3.8) is 0 Å². The minimum absolute atomic E-state index is 0.101. The van der Waals surface area contributed by atoms with Gasteiger partial charge in [0.15, 0.2) is 6.10 Å². The Balaban J connectivity index is 2.04. The second-order valence-corrected chi connectivity index (χ2v) is 7.78. The molecule has 1 amide bonds.